The number of allylic oxidation sites excluding steroid dienone is 1. The lowest BCUT2D eigenvalue weighted by Crippen LogP contribution is -2.45. The zero-order valence-electron chi connectivity index (χ0n) is 18.2. The Hall–Kier alpha value is -4.19. The summed E-state index contributed by atoms with van der Waals surface area (Å²) in [6.45, 7) is 6.69. The quantitative estimate of drug-likeness (QED) is 0.548. The molecule has 170 valence electrons. The second-order valence-electron chi connectivity index (χ2n) is 8.03. The van der Waals surface area contributed by atoms with Gasteiger partial charge in [0.25, 0.3) is 0 Å². The maximum atomic E-state index is 13.8. The van der Waals surface area contributed by atoms with Crippen molar-refractivity contribution in [1.82, 2.24) is 15.2 Å². The lowest BCUT2D eigenvalue weighted by atomic mass is 10.1. The maximum Gasteiger partial charge on any atom is 0.232 e. The first kappa shape index (κ1) is 22.0. The van der Waals surface area contributed by atoms with Gasteiger partial charge in [-0.2, -0.15) is 5.26 Å². The minimum Gasteiger partial charge on any atom is -0.504 e. The molecule has 0 spiro atoms. The van der Waals surface area contributed by atoms with Gasteiger partial charge >= 0.3 is 0 Å². The van der Waals surface area contributed by atoms with Crippen molar-refractivity contribution in [3.05, 3.63) is 76.6 Å². The monoisotopic (exact) mass is 448 g/mol. The van der Waals surface area contributed by atoms with Gasteiger partial charge in [-0.15, -0.1) is 0 Å². The summed E-state index contributed by atoms with van der Waals surface area (Å²) in [5.41, 5.74) is 15.2. The summed E-state index contributed by atoms with van der Waals surface area (Å²) in [5.74, 6) is -0.551. The molecule has 0 saturated carbocycles. The molecule has 2 aliphatic rings. The average molecular weight is 449 g/mol. The van der Waals surface area contributed by atoms with Crippen LogP contribution in [0.2, 0.25) is 0 Å². The molecule has 2 aromatic rings. The topological polar surface area (TPSA) is 133 Å². The fourth-order valence-electron chi connectivity index (χ4n) is 4.19. The highest BCUT2D eigenvalue weighted by Gasteiger charge is 2.38. The number of ether oxygens (including phenoxy) is 1. The van der Waals surface area contributed by atoms with E-state index in [4.69, 9.17) is 16.2 Å². The number of fused-ring (bicyclic) bond motifs is 1. The van der Waals surface area contributed by atoms with E-state index in [1.165, 1.54) is 12.1 Å². The lowest BCUT2D eigenvalue weighted by molar-refractivity contribution is 0.200. The number of rotatable bonds is 5. The molecule has 6 N–H and O–H groups in total. The fourth-order valence-corrected chi connectivity index (χ4v) is 4.19. The number of nitrogens with zero attached hydrogens (tertiary/aromatic N) is 3. The van der Waals surface area contributed by atoms with Gasteiger partial charge < -0.3 is 31.5 Å². The van der Waals surface area contributed by atoms with Crippen LogP contribution < -0.4 is 21.5 Å². The maximum absolute atomic E-state index is 13.8. The second kappa shape index (κ2) is 8.74. The van der Waals surface area contributed by atoms with Crippen LogP contribution >= 0.6 is 0 Å². The number of aryl methyl sites for hydroxylation is 1. The Labute approximate surface area is 191 Å². The van der Waals surface area contributed by atoms with Gasteiger partial charge in [0.1, 0.15) is 23.6 Å². The predicted octanol–water partition coefficient (Wildman–Crippen LogP) is 2.30. The number of halogens is 1. The highest BCUT2D eigenvalue weighted by atomic mass is 19.1. The highest BCUT2D eigenvalue weighted by Crippen LogP contribution is 2.32. The number of para-hydroxylation sites is 1. The highest BCUT2D eigenvalue weighted by molar-refractivity contribution is 5.70. The van der Waals surface area contributed by atoms with E-state index in [0.717, 1.165) is 17.3 Å². The van der Waals surface area contributed by atoms with Crippen LogP contribution in [0.3, 0.4) is 0 Å². The number of pyridine rings is 1. The van der Waals surface area contributed by atoms with Crippen LogP contribution in [-0.2, 0) is 0 Å². The third-order valence-corrected chi connectivity index (χ3v) is 5.92. The molecule has 1 aromatic carbocycles. The zero-order chi connectivity index (χ0) is 23.7. The van der Waals surface area contributed by atoms with Crippen LogP contribution in [0.1, 0.15) is 28.8 Å². The Morgan fingerprint density at radius 2 is 2.27 bits per heavy atom. The molecule has 0 amide bonds. The smallest absolute Gasteiger partial charge is 0.232 e. The summed E-state index contributed by atoms with van der Waals surface area (Å²) in [4.78, 5) is 6.52. The number of hydrogen-bond donors (Lipinski definition) is 4. The summed E-state index contributed by atoms with van der Waals surface area (Å²) in [6, 6.07) is 8.09. The average Bonchev–Trinajstić information content (AvgIpc) is 3.20. The molecule has 1 fully saturated rings. The number of aromatic hydroxyl groups is 1. The first-order valence-electron chi connectivity index (χ1n) is 10.5. The second-order valence-corrected chi connectivity index (χ2v) is 8.03. The Kier molecular flexibility index (Phi) is 5.84. The van der Waals surface area contributed by atoms with Crippen LogP contribution in [-0.4, -0.2) is 40.2 Å². The van der Waals surface area contributed by atoms with Crippen molar-refractivity contribution in [3.8, 4) is 17.7 Å². The van der Waals surface area contributed by atoms with E-state index in [1.54, 1.807) is 18.2 Å². The van der Waals surface area contributed by atoms with Crippen LogP contribution in [0.25, 0.3) is 11.8 Å². The van der Waals surface area contributed by atoms with E-state index in [-0.39, 0.29) is 29.3 Å². The van der Waals surface area contributed by atoms with Crippen molar-refractivity contribution in [2.45, 2.75) is 25.5 Å². The number of benzene rings is 1. The van der Waals surface area contributed by atoms with Crippen LogP contribution in [0.5, 0.6) is 11.6 Å². The van der Waals surface area contributed by atoms with E-state index >= 15 is 0 Å². The first-order chi connectivity index (χ1) is 15.8. The van der Waals surface area contributed by atoms with E-state index in [0.29, 0.717) is 36.6 Å². The fraction of sp³-hybridized carbons (Fsp3) is 0.250. The van der Waals surface area contributed by atoms with Crippen molar-refractivity contribution in [3.63, 3.8) is 0 Å². The molecule has 1 saturated heterocycles. The molecular weight excluding hydrogens is 423 g/mol. The standard InChI is InChI=1S/C24H25FN6O2/c1-3-14-7-15(10-26)24(30-13(14)2)33-17-8-16-11-29-23(28)21(31(16)12-17)9-20(27)18-5-4-6-19(25)22(18)32/h3-7,9,16-17,29,32H,1,8,11-12,27-28H2,2H3/b20-9-. The third-order valence-electron chi connectivity index (χ3n) is 5.92. The van der Waals surface area contributed by atoms with Crippen LogP contribution in [0.4, 0.5) is 4.39 Å². The van der Waals surface area contributed by atoms with Gasteiger partial charge in [0, 0.05) is 29.9 Å². The van der Waals surface area contributed by atoms with Crippen molar-refractivity contribution in [2.75, 3.05) is 13.1 Å². The summed E-state index contributed by atoms with van der Waals surface area (Å²) in [5, 5.41) is 22.7. The molecule has 3 heterocycles. The van der Waals surface area contributed by atoms with Crippen LogP contribution in [0, 0.1) is 24.1 Å². The molecule has 8 nitrogen and oxygen atoms in total. The third kappa shape index (κ3) is 4.15. The van der Waals surface area contributed by atoms with Crippen molar-refractivity contribution < 1.29 is 14.2 Å². The number of phenols is 1. The normalized spacial score (nSPS) is 20.2. The summed E-state index contributed by atoms with van der Waals surface area (Å²) >= 11 is 0. The SMILES string of the molecule is C=Cc1cc(C#N)c(OC2CC3CNC(N)=C(/C=C(\N)c4cccc(F)c4O)N3C2)nc1C. The van der Waals surface area contributed by atoms with Crippen molar-refractivity contribution in [2.24, 2.45) is 11.5 Å². The Morgan fingerprint density at radius 3 is 3.00 bits per heavy atom. The van der Waals surface area contributed by atoms with Gasteiger partial charge in [-0.3, -0.25) is 0 Å². The molecule has 0 aliphatic carbocycles. The molecular formula is C24H25FN6O2. The number of aromatic nitrogens is 1. The largest absolute Gasteiger partial charge is 0.504 e. The molecule has 33 heavy (non-hydrogen) atoms. The molecule has 1 aromatic heterocycles. The molecule has 4 rings (SSSR count). The molecule has 2 aliphatic heterocycles. The lowest BCUT2D eigenvalue weighted by Gasteiger charge is -2.34. The number of hydrogen-bond acceptors (Lipinski definition) is 8. The minimum atomic E-state index is -0.751. The summed E-state index contributed by atoms with van der Waals surface area (Å²) < 4.78 is 19.9. The Bertz CT molecular complexity index is 1220. The number of nitrogens with two attached hydrogens (primary N) is 2. The number of nitrogens with one attached hydrogen (secondary N) is 1. The minimum absolute atomic E-state index is 0.0709. The Balaban J connectivity index is 1.59. The summed E-state index contributed by atoms with van der Waals surface area (Å²) in [7, 11) is 0. The number of phenolic OH excluding ortho intramolecular Hbond substituents is 1. The van der Waals surface area contributed by atoms with Crippen molar-refractivity contribution in [1.29, 1.82) is 5.26 Å². The van der Waals surface area contributed by atoms with Gasteiger partial charge in [-0.25, -0.2) is 9.37 Å². The zero-order valence-corrected chi connectivity index (χ0v) is 18.2. The van der Waals surface area contributed by atoms with E-state index < -0.39 is 11.6 Å². The van der Waals surface area contributed by atoms with Gasteiger partial charge in [0.2, 0.25) is 5.88 Å². The number of nitriles is 1. The molecule has 9 heteroatoms. The van der Waals surface area contributed by atoms with Crippen LogP contribution in [0.15, 0.2) is 48.4 Å². The van der Waals surface area contributed by atoms with Gasteiger partial charge in [-0.05, 0) is 36.8 Å². The predicted molar refractivity (Wildman–Crippen MR) is 123 cm³/mol. The van der Waals surface area contributed by atoms with E-state index in [2.05, 4.69) is 27.8 Å². The van der Waals surface area contributed by atoms with Gasteiger partial charge in [-0.1, -0.05) is 18.7 Å². The van der Waals surface area contributed by atoms with Gasteiger partial charge in [0.05, 0.1) is 18.3 Å². The molecule has 2 atom stereocenters. The summed E-state index contributed by atoms with van der Waals surface area (Å²) in [6.07, 6.45) is 3.72. The molecule has 0 bridgehead atoms. The first-order valence-corrected chi connectivity index (χ1v) is 10.5. The molecule has 0 radical (unpaired) electrons. The molecule has 2 unspecified atom stereocenters. The Morgan fingerprint density at radius 1 is 1.48 bits per heavy atom. The van der Waals surface area contributed by atoms with E-state index in [9.17, 15) is 14.8 Å². The van der Waals surface area contributed by atoms with Gasteiger partial charge in [0.15, 0.2) is 11.6 Å². The van der Waals surface area contributed by atoms with Crippen molar-refractivity contribution >= 4 is 11.8 Å². The van der Waals surface area contributed by atoms with E-state index in [1.807, 2.05) is 6.92 Å².